The SMILES string of the molecule is BrCCCCBr.BrCCCCOCCCBr.BrCCCCOCCCOC1CCCCO1.C1=COCCC1.C1CCOC1.CCOC(=O)C(C)(C)CCCCOCCCC(C)(C)C(=O)OCC.CCOC(=O)C(C)C.OCCCO.OCCCOC1CCCCO1.OCCCOC1CCCCO1.OCCCOCCCCBr. The van der Waals surface area contributed by atoms with Crippen molar-refractivity contribution in [2.75, 3.05) is 197 Å². The van der Waals surface area contributed by atoms with Crippen molar-refractivity contribution in [2.24, 2.45) is 16.7 Å². The maximum absolute atomic E-state index is 11.8. The molecule has 5 N–H and O–H groups in total. The Hall–Kier alpha value is 0.190. The standard InChI is InChI=1S/C19H36O5.C12H23BrO3.2C8H16O3.C7H14Br2O.C7H15BrO2.C6H12O2.C5H8O.C4H8Br2.C4H8O.C3H8O2/c1-7-23-16(20)18(3,4)12-9-10-14-22-15-11-13-19(5,6)17(21)24-8-2;13-7-2-4-8-14-9-5-11-16-12-6-1-3-10-15-12;2*9-5-3-7-11-8-4-1-2-6-10-8;2*8-4-1-2-6-10-7-3-5-9;1-4-8-6(7)5(2)3;1-2-4-6-5-3-1;5-3-1-2-4-6;1-2-4-5-3-1;4-2-1-3-5/h7-15H2,1-6H3;12H,1-11H2;2*8-9H,1-7H2;1-7H2;9H,1-7H2;5H,4H2,1-3H3;2,4H,1,3,5H2;1-4H2;1-4H2;4-5H,1-3H2. The Bertz CT molecular complexity index is 1690. The van der Waals surface area contributed by atoms with Crippen LogP contribution in [0, 0.1) is 16.7 Å². The second kappa shape index (κ2) is 105. The van der Waals surface area contributed by atoms with Crippen molar-refractivity contribution < 1.29 is 111 Å². The molecule has 0 aromatic rings. The summed E-state index contributed by atoms with van der Waals surface area (Å²) in [6.07, 6.45) is 37.5. The van der Waals surface area contributed by atoms with Crippen LogP contribution in [0.2, 0.25) is 0 Å². The average Bonchev–Trinajstić information content (AvgIpc) is 0.931. The minimum absolute atomic E-state index is 0.00435. The van der Waals surface area contributed by atoms with E-state index in [1.54, 1.807) is 13.2 Å². The summed E-state index contributed by atoms with van der Waals surface area (Å²) >= 11 is 20.1. The lowest BCUT2D eigenvalue weighted by molar-refractivity contribution is -0.164. The van der Waals surface area contributed by atoms with Gasteiger partial charge in [0.2, 0.25) is 0 Å². The van der Waals surface area contributed by atoms with Crippen molar-refractivity contribution in [3.8, 4) is 0 Å². The van der Waals surface area contributed by atoms with Crippen LogP contribution in [0.4, 0.5) is 0 Å². The topological polar surface area (TPSA) is 291 Å². The van der Waals surface area contributed by atoms with E-state index in [-0.39, 0.29) is 75.7 Å². The van der Waals surface area contributed by atoms with E-state index in [1.165, 1.54) is 89.9 Å². The molecule has 5 aliphatic rings. The molecule has 0 saturated carbocycles. The first kappa shape index (κ1) is 123. The zero-order valence-electron chi connectivity index (χ0n) is 71.4. The molecule has 0 spiro atoms. The van der Waals surface area contributed by atoms with Crippen LogP contribution in [0.15, 0.2) is 12.3 Å². The molecule has 0 aromatic carbocycles. The van der Waals surface area contributed by atoms with Crippen molar-refractivity contribution in [1.29, 1.82) is 0 Å². The fourth-order valence-electron chi connectivity index (χ4n) is 8.90. The molecule has 4 saturated heterocycles. The van der Waals surface area contributed by atoms with Gasteiger partial charge in [-0.05, 0) is 254 Å². The summed E-state index contributed by atoms with van der Waals surface area (Å²) in [6.45, 7) is 32.6. The zero-order valence-corrected chi connectivity index (χ0v) is 80.9. The Balaban J connectivity index is -0.000000286. The molecule has 0 amide bonds. The summed E-state index contributed by atoms with van der Waals surface area (Å²) < 4.78 is 78.7. The summed E-state index contributed by atoms with van der Waals surface area (Å²) in [5.74, 6) is -0.388. The Morgan fingerprint density at radius 3 is 0.973 bits per heavy atom. The molecular weight excluding hydrogens is 1840 g/mol. The Labute approximate surface area is 731 Å². The Kier molecular flexibility index (Phi) is 116. The van der Waals surface area contributed by atoms with Crippen LogP contribution in [0.3, 0.4) is 0 Å². The Morgan fingerprint density at radius 1 is 0.375 bits per heavy atom. The van der Waals surface area contributed by atoms with Gasteiger partial charge in [0.1, 0.15) is 0 Å². The molecule has 3 atom stereocenters. The number of rotatable bonds is 51. The fourth-order valence-corrected chi connectivity index (χ4v) is 11.1. The van der Waals surface area contributed by atoms with E-state index in [0.717, 1.165) is 208 Å². The van der Waals surface area contributed by atoms with Gasteiger partial charge in [0.15, 0.2) is 18.9 Å². The number of halogens is 6. The predicted octanol–water partition coefficient (Wildman–Crippen LogP) is 18.8. The number of aliphatic hydroxyl groups is 5. The van der Waals surface area contributed by atoms with Crippen LogP contribution in [0.25, 0.3) is 0 Å². The second-order valence-corrected chi connectivity index (χ2v) is 32.3. The van der Waals surface area contributed by atoms with Gasteiger partial charge >= 0.3 is 17.9 Å². The lowest BCUT2D eigenvalue weighted by Crippen LogP contribution is -2.27. The fraction of sp³-hybridized carbons (Fsp3) is 0.940. The van der Waals surface area contributed by atoms with Gasteiger partial charge in [-0.1, -0.05) is 116 Å². The number of hydrogen-bond donors (Lipinski definition) is 5. The first-order chi connectivity index (χ1) is 54.3. The first-order valence-corrected chi connectivity index (χ1v) is 48.8. The molecule has 0 radical (unpaired) electrons. The summed E-state index contributed by atoms with van der Waals surface area (Å²) in [6, 6.07) is 0. The van der Waals surface area contributed by atoms with Crippen LogP contribution in [-0.4, -0.2) is 259 Å². The minimum atomic E-state index is -0.455. The number of ether oxygens (including phenoxy) is 15. The van der Waals surface area contributed by atoms with Crippen molar-refractivity contribution in [3.05, 3.63) is 12.3 Å². The van der Waals surface area contributed by atoms with E-state index in [2.05, 4.69) is 100 Å². The molecule has 23 nitrogen and oxygen atoms in total. The number of esters is 3. The molecular formula is C83H164Br6O23. The van der Waals surface area contributed by atoms with Gasteiger partial charge in [-0.2, -0.15) is 0 Å². The molecule has 5 aliphatic heterocycles. The third-order valence-corrected chi connectivity index (χ3v) is 18.9. The molecule has 0 aromatic heterocycles. The van der Waals surface area contributed by atoms with Crippen molar-refractivity contribution in [1.82, 2.24) is 0 Å². The number of carbonyl (C=O) groups excluding carboxylic acids is 3. The highest BCUT2D eigenvalue weighted by atomic mass is 79.9. The van der Waals surface area contributed by atoms with E-state index in [1.807, 2.05) is 61.5 Å². The van der Waals surface area contributed by atoms with Crippen LogP contribution < -0.4 is 0 Å². The summed E-state index contributed by atoms with van der Waals surface area (Å²) in [7, 11) is 0. The van der Waals surface area contributed by atoms with Crippen LogP contribution in [0.5, 0.6) is 0 Å². The molecule has 29 heteroatoms. The third-order valence-electron chi connectivity index (χ3n) is 15.6. The van der Waals surface area contributed by atoms with E-state index in [0.29, 0.717) is 72.1 Å². The largest absolute Gasteiger partial charge is 0.502 e. The first-order valence-electron chi connectivity index (χ1n) is 42.1. The van der Waals surface area contributed by atoms with E-state index < -0.39 is 10.8 Å². The third kappa shape index (κ3) is 104. The summed E-state index contributed by atoms with van der Waals surface area (Å²) in [4.78, 5) is 34.1. The molecule has 5 rings (SSSR count). The maximum atomic E-state index is 11.8. The number of allylic oxidation sites excluding steroid dienone is 1. The van der Waals surface area contributed by atoms with E-state index in [4.69, 9.17) is 91.8 Å². The molecule has 676 valence electrons. The molecule has 5 heterocycles. The highest BCUT2D eigenvalue weighted by Crippen LogP contribution is 2.26. The lowest BCUT2D eigenvalue weighted by atomic mass is 9.87. The van der Waals surface area contributed by atoms with Gasteiger partial charge in [-0.3, -0.25) is 14.4 Å². The van der Waals surface area contributed by atoms with E-state index >= 15 is 0 Å². The zero-order chi connectivity index (χ0) is 84.6. The quantitative estimate of drug-likeness (QED) is 0.0164. The number of carbonyl (C=O) groups is 3. The number of unbranched alkanes of at least 4 members (excludes halogenated alkanes) is 5. The number of aliphatic hydroxyl groups excluding tert-OH is 5. The van der Waals surface area contributed by atoms with Crippen LogP contribution >= 0.6 is 95.6 Å². The maximum Gasteiger partial charge on any atom is 0.311 e. The molecule has 112 heavy (non-hydrogen) atoms. The summed E-state index contributed by atoms with van der Waals surface area (Å²) in [5, 5.41) is 47.7. The van der Waals surface area contributed by atoms with Gasteiger partial charge in [-0.25, -0.2) is 0 Å². The number of hydrogen-bond acceptors (Lipinski definition) is 23. The highest BCUT2D eigenvalue weighted by Gasteiger charge is 2.29. The molecule has 3 unspecified atom stereocenters. The molecule has 0 bridgehead atoms. The smallest absolute Gasteiger partial charge is 0.311 e. The van der Waals surface area contributed by atoms with Gasteiger partial charge in [0.25, 0.3) is 0 Å². The van der Waals surface area contributed by atoms with Gasteiger partial charge in [0.05, 0.1) is 69.3 Å². The molecule has 4 fully saturated rings. The van der Waals surface area contributed by atoms with E-state index in [9.17, 15) is 14.4 Å². The lowest BCUT2D eigenvalue weighted by Gasteiger charge is -2.22. The number of alkyl halides is 6. The normalized spacial score (nSPS) is 16.1. The minimum Gasteiger partial charge on any atom is -0.502 e. The van der Waals surface area contributed by atoms with Gasteiger partial charge in [-0.15, -0.1) is 0 Å². The average molecular weight is 2010 g/mol. The van der Waals surface area contributed by atoms with Gasteiger partial charge in [0, 0.05) is 151 Å². The van der Waals surface area contributed by atoms with Crippen molar-refractivity contribution in [2.45, 2.75) is 287 Å². The summed E-state index contributed by atoms with van der Waals surface area (Å²) in [5.41, 5.74) is -0.886. The van der Waals surface area contributed by atoms with Crippen LogP contribution in [0.1, 0.15) is 268 Å². The Morgan fingerprint density at radius 2 is 0.696 bits per heavy atom. The van der Waals surface area contributed by atoms with Crippen molar-refractivity contribution >= 4 is 113 Å². The monoisotopic (exact) mass is 2000 g/mol. The second-order valence-electron chi connectivity index (χ2n) is 27.5. The van der Waals surface area contributed by atoms with Crippen molar-refractivity contribution in [3.63, 3.8) is 0 Å². The predicted molar refractivity (Wildman–Crippen MR) is 474 cm³/mol. The van der Waals surface area contributed by atoms with Crippen LogP contribution in [-0.2, 0) is 85.4 Å². The molecule has 0 aliphatic carbocycles. The van der Waals surface area contributed by atoms with Gasteiger partial charge < -0.3 is 96.6 Å². The highest BCUT2D eigenvalue weighted by molar-refractivity contribution is 9.10.